The minimum atomic E-state index is 0.294. The van der Waals surface area contributed by atoms with Gasteiger partial charge in [0, 0.05) is 29.6 Å². The molecule has 0 atom stereocenters. The summed E-state index contributed by atoms with van der Waals surface area (Å²) in [5.41, 5.74) is 1.03. The Balaban J connectivity index is 2.24. The standard InChI is InChI=1S/C15H20N4S/c1-10(2)15-18-13(16-3)9-14(19-15)17-11-5-7-12(20-4)8-6-11/h5-10H,1-4H3,(H2,16,17,18,19). The highest BCUT2D eigenvalue weighted by Gasteiger charge is 2.07. The van der Waals surface area contributed by atoms with Crippen molar-refractivity contribution in [3.8, 4) is 0 Å². The minimum absolute atomic E-state index is 0.294. The third-order valence-electron chi connectivity index (χ3n) is 2.88. The molecule has 0 saturated heterocycles. The van der Waals surface area contributed by atoms with Crippen LogP contribution in [0.3, 0.4) is 0 Å². The van der Waals surface area contributed by atoms with Crippen LogP contribution in [0.2, 0.25) is 0 Å². The Hall–Kier alpha value is -1.75. The van der Waals surface area contributed by atoms with Crippen molar-refractivity contribution in [3.05, 3.63) is 36.2 Å². The Morgan fingerprint density at radius 3 is 2.25 bits per heavy atom. The molecule has 0 saturated carbocycles. The fraction of sp³-hybridized carbons (Fsp3) is 0.333. The van der Waals surface area contributed by atoms with E-state index in [-0.39, 0.29) is 0 Å². The van der Waals surface area contributed by atoms with Crippen LogP contribution >= 0.6 is 11.8 Å². The summed E-state index contributed by atoms with van der Waals surface area (Å²) < 4.78 is 0. The van der Waals surface area contributed by atoms with Gasteiger partial charge >= 0.3 is 0 Å². The molecule has 0 aliphatic carbocycles. The first-order valence-corrected chi connectivity index (χ1v) is 7.82. The van der Waals surface area contributed by atoms with Crippen molar-refractivity contribution in [2.75, 3.05) is 23.9 Å². The van der Waals surface area contributed by atoms with E-state index in [2.05, 4.69) is 65.0 Å². The highest BCUT2D eigenvalue weighted by molar-refractivity contribution is 7.98. The highest BCUT2D eigenvalue weighted by Crippen LogP contribution is 2.22. The SMILES string of the molecule is CNc1cc(Nc2ccc(SC)cc2)nc(C(C)C)n1. The Labute approximate surface area is 124 Å². The van der Waals surface area contributed by atoms with Gasteiger partial charge in [0.15, 0.2) is 0 Å². The molecule has 0 unspecified atom stereocenters. The van der Waals surface area contributed by atoms with Crippen molar-refractivity contribution in [1.82, 2.24) is 9.97 Å². The first-order chi connectivity index (χ1) is 9.62. The summed E-state index contributed by atoms with van der Waals surface area (Å²) in [4.78, 5) is 10.3. The number of aromatic nitrogens is 2. The third-order valence-corrected chi connectivity index (χ3v) is 3.62. The fourth-order valence-electron chi connectivity index (χ4n) is 1.74. The Morgan fingerprint density at radius 2 is 1.70 bits per heavy atom. The summed E-state index contributed by atoms with van der Waals surface area (Å²) in [5.74, 6) is 2.76. The molecule has 20 heavy (non-hydrogen) atoms. The zero-order chi connectivity index (χ0) is 14.5. The van der Waals surface area contributed by atoms with Crippen LogP contribution in [0, 0.1) is 0 Å². The predicted molar refractivity (Wildman–Crippen MR) is 87.2 cm³/mol. The van der Waals surface area contributed by atoms with Crippen molar-refractivity contribution in [1.29, 1.82) is 0 Å². The van der Waals surface area contributed by atoms with E-state index in [9.17, 15) is 0 Å². The molecule has 0 aliphatic rings. The fourth-order valence-corrected chi connectivity index (χ4v) is 2.15. The van der Waals surface area contributed by atoms with E-state index < -0.39 is 0 Å². The number of rotatable bonds is 5. The molecule has 2 N–H and O–H groups in total. The number of anilines is 3. The number of nitrogens with one attached hydrogen (secondary N) is 2. The van der Waals surface area contributed by atoms with Crippen LogP contribution < -0.4 is 10.6 Å². The van der Waals surface area contributed by atoms with E-state index in [0.717, 1.165) is 23.1 Å². The van der Waals surface area contributed by atoms with Gasteiger partial charge in [-0.25, -0.2) is 9.97 Å². The van der Waals surface area contributed by atoms with Crippen LogP contribution in [0.5, 0.6) is 0 Å². The number of nitrogens with zero attached hydrogens (tertiary/aromatic N) is 2. The molecular formula is C15H20N4S. The maximum atomic E-state index is 4.55. The van der Waals surface area contributed by atoms with Crippen molar-refractivity contribution in [2.45, 2.75) is 24.7 Å². The lowest BCUT2D eigenvalue weighted by molar-refractivity contribution is 0.778. The number of benzene rings is 1. The van der Waals surface area contributed by atoms with E-state index in [1.807, 2.05) is 13.1 Å². The Bertz CT molecular complexity index is 567. The summed E-state index contributed by atoms with van der Waals surface area (Å²) >= 11 is 1.73. The minimum Gasteiger partial charge on any atom is -0.373 e. The summed E-state index contributed by atoms with van der Waals surface area (Å²) in [6.07, 6.45) is 2.07. The molecule has 0 bridgehead atoms. The molecule has 2 rings (SSSR count). The van der Waals surface area contributed by atoms with Gasteiger partial charge in [0.05, 0.1) is 0 Å². The van der Waals surface area contributed by atoms with Gasteiger partial charge in [-0.2, -0.15) is 0 Å². The molecule has 106 valence electrons. The van der Waals surface area contributed by atoms with Gasteiger partial charge in [0.25, 0.3) is 0 Å². The first kappa shape index (κ1) is 14.7. The van der Waals surface area contributed by atoms with E-state index in [0.29, 0.717) is 5.92 Å². The molecule has 5 heteroatoms. The maximum absolute atomic E-state index is 4.55. The number of thioether (sulfide) groups is 1. The molecule has 1 heterocycles. The summed E-state index contributed by atoms with van der Waals surface area (Å²) in [7, 11) is 1.86. The summed E-state index contributed by atoms with van der Waals surface area (Å²) in [6.45, 7) is 4.18. The zero-order valence-corrected chi connectivity index (χ0v) is 13.1. The lowest BCUT2D eigenvalue weighted by Gasteiger charge is -2.11. The van der Waals surface area contributed by atoms with Crippen LogP contribution in [-0.4, -0.2) is 23.3 Å². The maximum Gasteiger partial charge on any atom is 0.136 e. The lowest BCUT2D eigenvalue weighted by atomic mass is 10.2. The van der Waals surface area contributed by atoms with E-state index in [1.165, 1.54) is 4.90 Å². The van der Waals surface area contributed by atoms with E-state index in [4.69, 9.17) is 0 Å². The normalized spacial score (nSPS) is 10.7. The van der Waals surface area contributed by atoms with Gasteiger partial charge in [-0.15, -0.1) is 11.8 Å². The molecule has 0 amide bonds. The van der Waals surface area contributed by atoms with Crippen LogP contribution in [0.4, 0.5) is 17.3 Å². The molecule has 2 aromatic rings. The zero-order valence-electron chi connectivity index (χ0n) is 12.3. The first-order valence-electron chi connectivity index (χ1n) is 6.60. The molecule has 0 aliphatic heterocycles. The quantitative estimate of drug-likeness (QED) is 0.811. The summed E-state index contributed by atoms with van der Waals surface area (Å²) in [6, 6.07) is 10.2. The smallest absolute Gasteiger partial charge is 0.136 e. The average molecular weight is 288 g/mol. The number of hydrogen-bond acceptors (Lipinski definition) is 5. The van der Waals surface area contributed by atoms with Gasteiger partial charge < -0.3 is 10.6 Å². The molecule has 0 spiro atoms. The van der Waals surface area contributed by atoms with E-state index in [1.54, 1.807) is 11.8 Å². The average Bonchev–Trinajstić information content (AvgIpc) is 2.47. The van der Waals surface area contributed by atoms with Crippen LogP contribution in [0.1, 0.15) is 25.6 Å². The monoisotopic (exact) mass is 288 g/mol. The van der Waals surface area contributed by atoms with Gasteiger partial charge in [-0.05, 0) is 30.5 Å². The topological polar surface area (TPSA) is 49.8 Å². The van der Waals surface area contributed by atoms with E-state index >= 15 is 0 Å². The second-order valence-corrected chi connectivity index (χ2v) is 5.63. The van der Waals surface area contributed by atoms with Crippen molar-refractivity contribution < 1.29 is 0 Å². The molecule has 1 aromatic carbocycles. The van der Waals surface area contributed by atoms with Gasteiger partial charge in [-0.3, -0.25) is 0 Å². The number of hydrogen-bond donors (Lipinski definition) is 2. The second kappa shape index (κ2) is 6.61. The molecule has 4 nitrogen and oxygen atoms in total. The van der Waals surface area contributed by atoms with Gasteiger partial charge in [0.2, 0.25) is 0 Å². The largest absolute Gasteiger partial charge is 0.373 e. The van der Waals surface area contributed by atoms with Crippen LogP contribution in [0.25, 0.3) is 0 Å². The van der Waals surface area contributed by atoms with Gasteiger partial charge in [-0.1, -0.05) is 13.8 Å². The molecular weight excluding hydrogens is 268 g/mol. The molecule has 1 aromatic heterocycles. The molecule has 0 fully saturated rings. The third kappa shape index (κ3) is 3.63. The van der Waals surface area contributed by atoms with Crippen molar-refractivity contribution >= 4 is 29.1 Å². The highest BCUT2D eigenvalue weighted by atomic mass is 32.2. The predicted octanol–water partition coefficient (Wildman–Crippen LogP) is 4.11. The summed E-state index contributed by atoms with van der Waals surface area (Å²) in [5, 5.41) is 6.40. The molecule has 0 radical (unpaired) electrons. The second-order valence-electron chi connectivity index (χ2n) is 4.75. The van der Waals surface area contributed by atoms with Crippen LogP contribution in [0.15, 0.2) is 35.2 Å². The van der Waals surface area contributed by atoms with Crippen LogP contribution in [-0.2, 0) is 0 Å². The van der Waals surface area contributed by atoms with Crippen molar-refractivity contribution in [2.24, 2.45) is 0 Å². The van der Waals surface area contributed by atoms with Crippen molar-refractivity contribution in [3.63, 3.8) is 0 Å². The Kier molecular flexibility index (Phi) is 4.84. The lowest BCUT2D eigenvalue weighted by Crippen LogP contribution is -2.05. The Morgan fingerprint density at radius 1 is 1.05 bits per heavy atom. The van der Waals surface area contributed by atoms with Gasteiger partial charge in [0.1, 0.15) is 17.5 Å².